The maximum absolute atomic E-state index is 13.2. The van der Waals surface area contributed by atoms with E-state index in [1.54, 1.807) is 13.2 Å². The Morgan fingerprint density at radius 2 is 1.90 bits per heavy atom. The lowest BCUT2D eigenvalue weighted by Crippen LogP contribution is -2.36. The van der Waals surface area contributed by atoms with E-state index >= 15 is 0 Å². The lowest BCUT2D eigenvalue weighted by atomic mass is 9.92. The minimum atomic E-state index is -0.735. The predicted octanol–water partition coefficient (Wildman–Crippen LogP) is 3.92. The van der Waals surface area contributed by atoms with E-state index in [0.717, 1.165) is 17.0 Å². The van der Waals surface area contributed by atoms with Gasteiger partial charge in [0.1, 0.15) is 11.6 Å². The highest BCUT2D eigenvalue weighted by Gasteiger charge is 2.28. The van der Waals surface area contributed by atoms with E-state index in [1.807, 2.05) is 31.2 Å². The fourth-order valence-electron chi connectivity index (χ4n) is 2.12. The first kappa shape index (κ1) is 15.8. The van der Waals surface area contributed by atoms with E-state index < -0.39 is 5.54 Å². The van der Waals surface area contributed by atoms with Gasteiger partial charge in [-0.1, -0.05) is 22.0 Å². The van der Waals surface area contributed by atoms with Crippen molar-refractivity contribution in [3.05, 3.63) is 58.3 Å². The SMILES string of the molecule is COc1ccc(NC(C)(CO)c2ccc(F)cc2Br)cc1. The zero-order valence-corrected chi connectivity index (χ0v) is 13.4. The smallest absolute Gasteiger partial charge is 0.124 e. The Bertz CT molecular complexity index is 618. The fourth-order valence-corrected chi connectivity index (χ4v) is 2.91. The van der Waals surface area contributed by atoms with Crippen LogP contribution in [0.4, 0.5) is 10.1 Å². The van der Waals surface area contributed by atoms with Crippen LogP contribution in [0.25, 0.3) is 0 Å². The average Bonchev–Trinajstić information content (AvgIpc) is 2.47. The van der Waals surface area contributed by atoms with Crippen LogP contribution in [-0.4, -0.2) is 18.8 Å². The molecule has 0 saturated heterocycles. The summed E-state index contributed by atoms with van der Waals surface area (Å²) in [5.74, 6) is 0.435. The first-order chi connectivity index (χ1) is 9.98. The molecule has 0 fully saturated rings. The number of aliphatic hydroxyl groups excluding tert-OH is 1. The van der Waals surface area contributed by atoms with Crippen LogP contribution in [0.3, 0.4) is 0 Å². The number of methoxy groups -OCH3 is 1. The lowest BCUT2D eigenvalue weighted by molar-refractivity contribution is 0.223. The van der Waals surface area contributed by atoms with Crippen LogP contribution in [-0.2, 0) is 5.54 Å². The molecular formula is C16H17BrFNO2. The van der Waals surface area contributed by atoms with Gasteiger partial charge in [0.15, 0.2) is 0 Å². The van der Waals surface area contributed by atoms with Gasteiger partial charge in [-0.3, -0.25) is 0 Å². The number of anilines is 1. The van der Waals surface area contributed by atoms with Gasteiger partial charge in [0.05, 0.1) is 19.3 Å². The largest absolute Gasteiger partial charge is 0.497 e. The minimum absolute atomic E-state index is 0.136. The monoisotopic (exact) mass is 353 g/mol. The fraction of sp³-hybridized carbons (Fsp3) is 0.250. The lowest BCUT2D eigenvalue weighted by Gasteiger charge is -2.31. The molecule has 1 unspecified atom stereocenters. The van der Waals surface area contributed by atoms with Crippen molar-refractivity contribution >= 4 is 21.6 Å². The summed E-state index contributed by atoms with van der Waals surface area (Å²) in [6, 6.07) is 11.8. The van der Waals surface area contributed by atoms with Crippen molar-refractivity contribution in [3.63, 3.8) is 0 Å². The van der Waals surface area contributed by atoms with E-state index in [2.05, 4.69) is 21.2 Å². The highest BCUT2D eigenvalue weighted by molar-refractivity contribution is 9.10. The molecule has 0 spiro atoms. The maximum Gasteiger partial charge on any atom is 0.124 e. The Labute approximate surface area is 131 Å². The third-order valence-electron chi connectivity index (χ3n) is 3.35. The molecule has 0 aliphatic carbocycles. The van der Waals surface area contributed by atoms with E-state index in [0.29, 0.717) is 4.47 Å². The second-order valence-electron chi connectivity index (χ2n) is 4.97. The molecule has 21 heavy (non-hydrogen) atoms. The first-order valence-electron chi connectivity index (χ1n) is 6.47. The van der Waals surface area contributed by atoms with Crippen molar-refractivity contribution in [3.8, 4) is 5.75 Å². The molecule has 2 N–H and O–H groups in total. The summed E-state index contributed by atoms with van der Waals surface area (Å²) in [5.41, 5.74) is 0.881. The van der Waals surface area contributed by atoms with Gasteiger partial charge in [-0.25, -0.2) is 4.39 Å². The van der Waals surface area contributed by atoms with Crippen molar-refractivity contribution in [1.82, 2.24) is 0 Å². The number of hydrogen-bond donors (Lipinski definition) is 2. The van der Waals surface area contributed by atoms with Gasteiger partial charge in [0, 0.05) is 10.2 Å². The zero-order chi connectivity index (χ0) is 15.5. The number of rotatable bonds is 5. The molecule has 0 bridgehead atoms. The van der Waals surface area contributed by atoms with Gasteiger partial charge in [0.2, 0.25) is 0 Å². The summed E-state index contributed by atoms with van der Waals surface area (Å²) in [6.07, 6.45) is 0. The van der Waals surface area contributed by atoms with Crippen LogP contribution in [0.1, 0.15) is 12.5 Å². The minimum Gasteiger partial charge on any atom is -0.497 e. The molecule has 2 aromatic rings. The second-order valence-corrected chi connectivity index (χ2v) is 5.82. The average molecular weight is 354 g/mol. The van der Waals surface area contributed by atoms with Crippen LogP contribution in [0.15, 0.2) is 46.9 Å². The molecule has 0 aliphatic rings. The molecule has 3 nitrogen and oxygen atoms in total. The van der Waals surface area contributed by atoms with Crippen LogP contribution in [0.2, 0.25) is 0 Å². The molecule has 2 aromatic carbocycles. The summed E-state index contributed by atoms with van der Waals surface area (Å²) >= 11 is 3.35. The van der Waals surface area contributed by atoms with Crippen molar-refractivity contribution in [2.75, 3.05) is 19.0 Å². The van der Waals surface area contributed by atoms with Gasteiger partial charge in [-0.05, 0) is 48.9 Å². The van der Waals surface area contributed by atoms with Crippen molar-refractivity contribution in [2.45, 2.75) is 12.5 Å². The first-order valence-corrected chi connectivity index (χ1v) is 7.26. The molecule has 1 atom stereocenters. The maximum atomic E-state index is 13.2. The van der Waals surface area contributed by atoms with Crippen molar-refractivity contribution in [1.29, 1.82) is 0 Å². The Kier molecular flexibility index (Phi) is 4.85. The number of hydrogen-bond acceptors (Lipinski definition) is 3. The third-order valence-corrected chi connectivity index (χ3v) is 4.01. The van der Waals surface area contributed by atoms with Crippen LogP contribution in [0.5, 0.6) is 5.75 Å². The Hall–Kier alpha value is -1.59. The Balaban J connectivity index is 2.31. The molecule has 0 aromatic heterocycles. The summed E-state index contributed by atoms with van der Waals surface area (Å²) in [5, 5.41) is 13.1. The molecule has 0 radical (unpaired) electrons. The van der Waals surface area contributed by atoms with Crippen molar-refractivity contribution in [2.24, 2.45) is 0 Å². The van der Waals surface area contributed by atoms with Gasteiger partial charge >= 0.3 is 0 Å². The normalized spacial score (nSPS) is 13.6. The van der Waals surface area contributed by atoms with Gasteiger partial charge in [-0.15, -0.1) is 0 Å². The summed E-state index contributed by atoms with van der Waals surface area (Å²) in [6.45, 7) is 1.72. The molecule has 2 rings (SSSR count). The van der Waals surface area contributed by atoms with E-state index in [-0.39, 0.29) is 12.4 Å². The van der Waals surface area contributed by atoms with E-state index in [9.17, 15) is 9.50 Å². The number of nitrogens with one attached hydrogen (secondary N) is 1. The molecule has 0 amide bonds. The second kappa shape index (κ2) is 6.45. The number of benzene rings is 2. The third kappa shape index (κ3) is 3.54. The highest BCUT2D eigenvalue weighted by Crippen LogP contribution is 2.32. The topological polar surface area (TPSA) is 41.5 Å². The van der Waals surface area contributed by atoms with Crippen LogP contribution in [0, 0.1) is 5.82 Å². The van der Waals surface area contributed by atoms with E-state index in [1.165, 1.54) is 12.1 Å². The Morgan fingerprint density at radius 1 is 1.24 bits per heavy atom. The Morgan fingerprint density at radius 3 is 2.43 bits per heavy atom. The van der Waals surface area contributed by atoms with Crippen LogP contribution < -0.4 is 10.1 Å². The zero-order valence-electron chi connectivity index (χ0n) is 11.9. The molecule has 112 valence electrons. The molecule has 0 aliphatic heterocycles. The summed E-state index contributed by atoms with van der Waals surface area (Å²) in [4.78, 5) is 0. The van der Waals surface area contributed by atoms with Gasteiger partial charge in [-0.2, -0.15) is 0 Å². The molecule has 0 saturated carbocycles. The standard InChI is InChI=1S/C16H17BrFNO2/c1-16(10-20,14-8-3-11(18)9-15(14)17)19-12-4-6-13(21-2)7-5-12/h3-9,19-20H,10H2,1-2H3. The van der Waals surface area contributed by atoms with E-state index in [4.69, 9.17) is 4.74 Å². The summed E-state index contributed by atoms with van der Waals surface area (Å²) in [7, 11) is 1.61. The highest BCUT2D eigenvalue weighted by atomic mass is 79.9. The number of ether oxygens (including phenoxy) is 1. The quantitative estimate of drug-likeness (QED) is 0.855. The van der Waals surface area contributed by atoms with Crippen LogP contribution >= 0.6 is 15.9 Å². The molecule has 0 heterocycles. The molecule has 5 heteroatoms. The van der Waals surface area contributed by atoms with Crippen molar-refractivity contribution < 1.29 is 14.2 Å². The van der Waals surface area contributed by atoms with Gasteiger partial charge in [0.25, 0.3) is 0 Å². The van der Waals surface area contributed by atoms with Gasteiger partial charge < -0.3 is 15.2 Å². The number of halogens is 2. The number of aliphatic hydroxyl groups is 1. The summed E-state index contributed by atoms with van der Waals surface area (Å²) < 4.78 is 19.0. The predicted molar refractivity (Wildman–Crippen MR) is 85.2 cm³/mol. The molecular weight excluding hydrogens is 337 g/mol.